The second-order valence-corrected chi connectivity index (χ2v) is 5.87. The van der Waals surface area contributed by atoms with Gasteiger partial charge in [0.15, 0.2) is 0 Å². The molecule has 0 saturated heterocycles. The van der Waals surface area contributed by atoms with Gasteiger partial charge in [-0.05, 0) is 58.5 Å². The van der Waals surface area contributed by atoms with Crippen LogP contribution in [0.25, 0.3) is 0 Å². The summed E-state index contributed by atoms with van der Waals surface area (Å²) in [6.07, 6.45) is -4.35. The van der Waals surface area contributed by atoms with E-state index in [4.69, 9.17) is 0 Å². The van der Waals surface area contributed by atoms with Gasteiger partial charge >= 0.3 is 6.18 Å². The van der Waals surface area contributed by atoms with Crippen molar-refractivity contribution in [3.05, 3.63) is 68.8 Å². The minimum atomic E-state index is -4.35. The average Bonchev–Trinajstić information content (AvgIpc) is 2.45. The summed E-state index contributed by atoms with van der Waals surface area (Å²) in [6.45, 7) is 2.47. The van der Waals surface area contributed by atoms with Crippen LogP contribution in [0.4, 0.5) is 13.2 Å². The number of hydrogen-bond acceptors (Lipinski definition) is 1. The van der Waals surface area contributed by atoms with E-state index in [0.29, 0.717) is 6.54 Å². The van der Waals surface area contributed by atoms with E-state index in [1.807, 2.05) is 31.2 Å². The fraction of sp³-hybridized carbons (Fsp3) is 0.250. The van der Waals surface area contributed by atoms with Crippen molar-refractivity contribution in [3.8, 4) is 0 Å². The minimum absolute atomic E-state index is 0.257. The Balaban J connectivity index is 2.51. The lowest BCUT2D eigenvalue weighted by Crippen LogP contribution is -2.25. The molecule has 0 spiro atoms. The van der Waals surface area contributed by atoms with Crippen LogP contribution in [0, 0.1) is 3.57 Å². The smallest absolute Gasteiger partial charge is 0.307 e. The number of hydrogen-bond donors (Lipinski definition) is 1. The first-order valence-corrected chi connectivity index (χ1v) is 7.66. The third-order valence-electron chi connectivity index (χ3n) is 3.19. The molecule has 112 valence electrons. The molecule has 0 amide bonds. The summed E-state index contributed by atoms with van der Waals surface area (Å²) in [5, 5.41) is 3.14. The van der Waals surface area contributed by atoms with Crippen LogP contribution in [0.2, 0.25) is 0 Å². The Bertz CT molecular complexity index is 593. The lowest BCUT2D eigenvalue weighted by atomic mass is 9.94. The molecule has 2 rings (SSSR count). The molecule has 0 aliphatic heterocycles. The van der Waals surface area contributed by atoms with Crippen molar-refractivity contribution in [2.24, 2.45) is 0 Å². The molecule has 0 heterocycles. The lowest BCUT2D eigenvalue weighted by molar-refractivity contribution is -0.138. The van der Waals surface area contributed by atoms with Crippen molar-refractivity contribution in [3.63, 3.8) is 0 Å². The first kappa shape index (κ1) is 16.3. The molecule has 1 N–H and O–H groups in total. The largest absolute Gasteiger partial charge is 0.416 e. The SMILES string of the molecule is CCNC(c1ccc(I)cc1)c1ccccc1C(F)(F)F. The second kappa shape index (κ2) is 6.79. The summed E-state index contributed by atoms with van der Waals surface area (Å²) in [6, 6.07) is 12.8. The molecule has 0 bridgehead atoms. The van der Waals surface area contributed by atoms with Gasteiger partial charge < -0.3 is 5.32 Å². The zero-order valence-corrected chi connectivity index (χ0v) is 13.6. The van der Waals surface area contributed by atoms with Crippen LogP contribution >= 0.6 is 22.6 Å². The van der Waals surface area contributed by atoms with Crippen molar-refractivity contribution in [2.75, 3.05) is 6.54 Å². The molecule has 2 aromatic rings. The third kappa shape index (κ3) is 3.97. The van der Waals surface area contributed by atoms with Gasteiger partial charge in [0.2, 0.25) is 0 Å². The van der Waals surface area contributed by atoms with Crippen LogP contribution in [0.15, 0.2) is 48.5 Å². The average molecular weight is 405 g/mol. The zero-order chi connectivity index (χ0) is 15.5. The minimum Gasteiger partial charge on any atom is -0.307 e. The standard InChI is InChI=1S/C16H15F3IN/c1-2-21-15(11-7-9-12(20)10-8-11)13-5-3-4-6-14(13)16(17,18)19/h3-10,15,21H,2H2,1H3. The van der Waals surface area contributed by atoms with Gasteiger partial charge in [0, 0.05) is 3.57 Å². The third-order valence-corrected chi connectivity index (χ3v) is 3.91. The highest BCUT2D eigenvalue weighted by Gasteiger charge is 2.35. The van der Waals surface area contributed by atoms with Gasteiger partial charge in [0.1, 0.15) is 0 Å². The van der Waals surface area contributed by atoms with Gasteiger partial charge in [-0.25, -0.2) is 0 Å². The monoisotopic (exact) mass is 405 g/mol. The number of rotatable bonds is 4. The van der Waals surface area contributed by atoms with E-state index in [2.05, 4.69) is 27.9 Å². The van der Waals surface area contributed by atoms with Gasteiger partial charge in [-0.3, -0.25) is 0 Å². The molecule has 2 aromatic carbocycles. The van der Waals surface area contributed by atoms with Gasteiger partial charge in [-0.2, -0.15) is 13.2 Å². The van der Waals surface area contributed by atoms with Crippen molar-refractivity contribution < 1.29 is 13.2 Å². The summed E-state index contributed by atoms with van der Waals surface area (Å²) >= 11 is 2.18. The molecule has 0 aromatic heterocycles. The predicted octanol–water partition coefficient (Wildman–Crippen LogP) is 5.01. The van der Waals surface area contributed by atoms with Crippen molar-refractivity contribution in [1.82, 2.24) is 5.32 Å². The van der Waals surface area contributed by atoms with Gasteiger partial charge in [0.05, 0.1) is 11.6 Å². The number of nitrogens with one attached hydrogen (secondary N) is 1. The quantitative estimate of drug-likeness (QED) is 0.706. The number of benzene rings is 2. The van der Waals surface area contributed by atoms with E-state index in [-0.39, 0.29) is 5.56 Å². The Morgan fingerprint density at radius 1 is 1.05 bits per heavy atom. The van der Waals surface area contributed by atoms with Crippen molar-refractivity contribution in [1.29, 1.82) is 0 Å². The Morgan fingerprint density at radius 3 is 2.24 bits per heavy atom. The fourth-order valence-corrected chi connectivity index (χ4v) is 2.63. The normalized spacial score (nSPS) is 13.2. The first-order chi connectivity index (χ1) is 9.93. The molecule has 5 heteroatoms. The van der Waals surface area contributed by atoms with Crippen molar-refractivity contribution >= 4 is 22.6 Å². The molecular weight excluding hydrogens is 390 g/mol. The maximum absolute atomic E-state index is 13.2. The van der Waals surface area contributed by atoms with E-state index >= 15 is 0 Å². The molecule has 1 nitrogen and oxygen atoms in total. The van der Waals surface area contributed by atoms with E-state index < -0.39 is 17.8 Å². The molecule has 21 heavy (non-hydrogen) atoms. The highest BCUT2D eigenvalue weighted by molar-refractivity contribution is 14.1. The molecule has 0 fully saturated rings. The molecule has 0 aliphatic rings. The van der Waals surface area contributed by atoms with Gasteiger partial charge in [-0.1, -0.05) is 37.3 Å². The molecule has 0 radical (unpaired) electrons. The number of halogens is 4. The summed E-state index contributed by atoms with van der Waals surface area (Å²) in [7, 11) is 0. The van der Waals surface area contributed by atoms with E-state index in [0.717, 1.165) is 15.2 Å². The second-order valence-electron chi connectivity index (χ2n) is 4.63. The van der Waals surface area contributed by atoms with Crippen LogP contribution in [0.1, 0.15) is 29.7 Å². The van der Waals surface area contributed by atoms with E-state index in [9.17, 15) is 13.2 Å². The summed E-state index contributed by atoms with van der Waals surface area (Å²) in [5.74, 6) is 0. The Kier molecular flexibility index (Phi) is 5.27. The van der Waals surface area contributed by atoms with E-state index in [1.54, 1.807) is 6.07 Å². The van der Waals surface area contributed by atoms with Crippen LogP contribution in [0.5, 0.6) is 0 Å². The maximum Gasteiger partial charge on any atom is 0.416 e. The predicted molar refractivity (Wildman–Crippen MR) is 86.1 cm³/mol. The lowest BCUT2D eigenvalue weighted by Gasteiger charge is -2.23. The molecule has 1 unspecified atom stereocenters. The number of alkyl halides is 3. The zero-order valence-electron chi connectivity index (χ0n) is 11.4. The first-order valence-electron chi connectivity index (χ1n) is 6.58. The van der Waals surface area contributed by atoms with E-state index in [1.165, 1.54) is 12.1 Å². The Morgan fingerprint density at radius 2 is 1.67 bits per heavy atom. The molecule has 0 saturated carbocycles. The topological polar surface area (TPSA) is 12.0 Å². The highest BCUT2D eigenvalue weighted by Crippen LogP contribution is 2.36. The summed E-state index contributed by atoms with van der Waals surface area (Å²) in [4.78, 5) is 0. The molecule has 1 atom stereocenters. The van der Waals surface area contributed by atoms with Gasteiger partial charge in [-0.15, -0.1) is 0 Å². The molecule has 0 aliphatic carbocycles. The summed E-state index contributed by atoms with van der Waals surface area (Å²) < 4.78 is 40.7. The van der Waals surface area contributed by atoms with Crippen molar-refractivity contribution in [2.45, 2.75) is 19.1 Å². The highest BCUT2D eigenvalue weighted by atomic mass is 127. The Hall–Kier alpha value is -1.08. The van der Waals surface area contributed by atoms with Crippen LogP contribution in [0.3, 0.4) is 0 Å². The molecular formula is C16H15F3IN. The Labute approximate surface area is 135 Å². The van der Waals surface area contributed by atoms with Crippen LogP contribution in [-0.2, 0) is 6.18 Å². The summed E-state index contributed by atoms with van der Waals surface area (Å²) in [5.41, 5.74) is 0.497. The maximum atomic E-state index is 13.2. The van der Waals surface area contributed by atoms with Crippen LogP contribution < -0.4 is 5.32 Å². The van der Waals surface area contributed by atoms with Crippen LogP contribution in [-0.4, -0.2) is 6.54 Å². The fourth-order valence-electron chi connectivity index (χ4n) is 2.27. The van der Waals surface area contributed by atoms with Gasteiger partial charge in [0.25, 0.3) is 0 Å².